The lowest BCUT2D eigenvalue weighted by molar-refractivity contribution is 0.0827. The lowest BCUT2D eigenvalue weighted by Gasteiger charge is -2.13. The molecule has 6 nitrogen and oxygen atoms in total. The number of amides is 1. The van der Waals surface area contributed by atoms with Crippen LogP contribution in [0.15, 0.2) is 53.5 Å². The minimum absolute atomic E-state index is 0. The van der Waals surface area contributed by atoms with Crippen LogP contribution >= 0.6 is 24.0 Å². The van der Waals surface area contributed by atoms with Gasteiger partial charge in [-0.05, 0) is 54.2 Å². The maximum atomic E-state index is 12.1. The van der Waals surface area contributed by atoms with E-state index in [0.717, 1.165) is 49.8 Å². The average molecular weight is 553 g/mol. The van der Waals surface area contributed by atoms with E-state index in [-0.39, 0.29) is 29.9 Å². The lowest BCUT2D eigenvalue weighted by Crippen LogP contribution is -2.39. The van der Waals surface area contributed by atoms with Crippen LogP contribution in [-0.4, -0.2) is 57.6 Å². The highest BCUT2D eigenvalue weighted by Crippen LogP contribution is 2.13. The van der Waals surface area contributed by atoms with E-state index in [2.05, 4.69) is 41.6 Å². The second-order valence-corrected chi connectivity index (χ2v) is 8.17. The summed E-state index contributed by atoms with van der Waals surface area (Å²) in [4.78, 5) is 18.0. The van der Waals surface area contributed by atoms with Crippen LogP contribution in [-0.2, 0) is 12.8 Å². The first-order chi connectivity index (χ1) is 14.9. The maximum absolute atomic E-state index is 12.1. The first kappa shape index (κ1) is 27.7. The molecule has 2 aromatic rings. The van der Waals surface area contributed by atoms with Crippen LogP contribution in [0.5, 0.6) is 5.75 Å². The van der Waals surface area contributed by atoms with Crippen LogP contribution in [0.3, 0.4) is 0 Å². The molecule has 0 unspecified atom stereocenters. The third-order valence-corrected chi connectivity index (χ3v) is 4.72. The molecule has 0 bridgehead atoms. The van der Waals surface area contributed by atoms with Gasteiger partial charge in [0.05, 0.1) is 6.61 Å². The second kappa shape index (κ2) is 14.7. The lowest BCUT2D eigenvalue weighted by atomic mass is 10.1. The Balaban J connectivity index is 0.00000512. The van der Waals surface area contributed by atoms with Gasteiger partial charge >= 0.3 is 0 Å². The van der Waals surface area contributed by atoms with Crippen molar-refractivity contribution < 1.29 is 9.53 Å². The molecule has 7 heteroatoms. The SMILES string of the molecule is CN=C(NCCc1ccc(OCC(C)C)cc1)NCCc1cccc(C(=O)N(C)C)c1.I. The fourth-order valence-corrected chi connectivity index (χ4v) is 3.00. The van der Waals surface area contributed by atoms with Crippen LogP contribution in [0.25, 0.3) is 0 Å². The topological polar surface area (TPSA) is 66.0 Å². The van der Waals surface area contributed by atoms with Gasteiger partial charge in [0.25, 0.3) is 5.91 Å². The summed E-state index contributed by atoms with van der Waals surface area (Å²) in [5.41, 5.74) is 3.09. The van der Waals surface area contributed by atoms with E-state index < -0.39 is 0 Å². The molecule has 2 N–H and O–H groups in total. The molecule has 0 heterocycles. The van der Waals surface area contributed by atoms with Crippen molar-refractivity contribution in [2.24, 2.45) is 10.9 Å². The number of hydrogen-bond acceptors (Lipinski definition) is 3. The van der Waals surface area contributed by atoms with Gasteiger partial charge in [0, 0.05) is 39.8 Å². The van der Waals surface area contributed by atoms with Crippen molar-refractivity contribution in [1.29, 1.82) is 0 Å². The largest absolute Gasteiger partial charge is 0.493 e. The molecular weight excluding hydrogens is 515 g/mol. The van der Waals surface area contributed by atoms with E-state index in [9.17, 15) is 4.79 Å². The van der Waals surface area contributed by atoms with Gasteiger partial charge in [0.15, 0.2) is 5.96 Å². The van der Waals surface area contributed by atoms with Crippen LogP contribution in [0.1, 0.15) is 35.3 Å². The Kier molecular flexibility index (Phi) is 12.8. The Morgan fingerprint density at radius 3 is 2.19 bits per heavy atom. The van der Waals surface area contributed by atoms with Crippen molar-refractivity contribution in [2.75, 3.05) is 40.8 Å². The number of carbonyl (C=O) groups is 1. The Bertz CT molecular complexity index is 851. The molecular formula is C25H37IN4O2. The molecule has 0 aliphatic carbocycles. The van der Waals surface area contributed by atoms with E-state index in [0.29, 0.717) is 11.5 Å². The highest BCUT2D eigenvalue weighted by Gasteiger charge is 2.08. The number of rotatable bonds is 10. The van der Waals surface area contributed by atoms with Gasteiger partial charge in [-0.3, -0.25) is 9.79 Å². The molecule has 0 saturated heterocycles. The van der Waals surface area contributed by atoms with Gasteiger partial charge in [-0.25, -0.2) is 0 Å². The van der Waals surface area contributed by atoms with Crippen molar-refractivity contribution in [3.05, 3.63) is 65.2 Å². The van der Waals surface area contributed by atoms with E-state index >= 15 is 0 Å². The predicted molar refractivity (Wildman–Crippen MR) is 143 cm³/mol. The van der Waals surface area contributed by atoms with E-state index in [1.807, 2.05) is 36.4 Å². The van der Waals surface area contributed by atoms with Gasteiger partial charge in [-0.1, -0.05) is 38.1 Å². The van der Waals surface area contributed by atoms with Gasteiger partial charge in [-0.15, -0.1) is 24.0 Å². The summed E-state index contributed by atoms with van der Waals surface area (Å²) >= 11 is 0. The molecule has 32 heavy (non-hydrogen) atoms. The normalized spacial score (nSPS) is 11.0. The zero-order chi connectivity index (χ0) is 22.6. The molecule has 0 spiro atoms. The molecule has 1 amide bonds. The molecule has 0 aromatic heterocycles. The fourth-order valence-electron chi connectivity index (χ4n) is 3.00. The third-order valence-electron chi connectivity index (χ3n) is 4.72. The van der Waals surface area contributed by atoms with Gasteiger partial charge in [0.1, 0.15) is 5.75 Å². The number of hydrogen-bond donors (Lipinski definition) is 2. The Labute approximate surface area is 209 Å². The number of nitrogens with zero attached hydrogens (tertiary/aromatic N) is 2. The monoisotopic (exact) mass is 552 g/mol. The molecule has 0 atom stereocenters. The summed E-state index contributed by atoms with van der Waals surface area (Å²) in [7, 11) is 5.30. The molecule has 0 aliphatic rings. The van der Waals surface area contributed by atoms with Gasteiger partial charge < -0.3 is 20.3 Å². The molecule has 0 saturated carbocycles. The van der Waals surface area contributed by atoms with Crippen molar-refractivity contribution in [3.8, 4) is 5.75 Å². The van der Waals surface area contributed by atoms with Crippen LogP contribution in [0, 0.1) is 5.92 Å². The number of guanidine groups is 1. The summed E-state index contributed by atoms with van der Waals surface area (Å²) in [6, 6.07) is 16.0. The summed E-state index contributed by atoms with van der Waals surface area (Å²) in [6.45, 7) is 6.55. The molecule has 176 valence electrons. The Morgan fingerprint density at radius 2 is 1.62 bits per heavy atom. The zero-order valence-electron chi connectivity index (χ0n) is 19.9. The highest BCUT2D eigenvalue weighted by atomic mass is 127. The molecule has 0 aliphatic heterocycles. The number of halogens is 1. The first-order valence-corrected chi connectivity index (χ1v) is 10.9. The predicted octanol–water partition coefficient (Wildman–Crippen LogP) is 3.99. The standard InChI is InChI=1S/C25H36N4O2.HI/c1-19(2)18-31-23-11-9-20(10-12-23)13-15-27-25(26-3)28-16-14-21-7-6-8-22(17-21)24(30)29(4)5;/h6-12,17,19H,13-16,18H2,1-5H3,(H2,26,27,28);1H. The quantitative estimate of drug-likeness (QED) is 0.266. The van der Waals surface area contributed by atoms with Crippen molar-refractivity contribution in [2.45, 2.75) is 26.7 Å². The van der Waals surface area contributed by atoms with E-state index in [4.69, 9.17) is 4.74 Å². The number of carbonyl (C=O) groups excluding carboxylic acids is 1. The average Bonchev–Trinajstić information content (AvgIpc) is 2.77. The van der Waals surface area contributed by atoms with Crippen molar-refractivity contribution in [1.82, 2.24) is 15.5 Å². The first-order valence-electron chi connectivity index (χ1n) is 10.9. The van der Waals surface area contributed by atoms with Crippen LogP contribution in [0.2, 0.25) is 0 Å². The molecule has 2 rings (SSSR count). The number of nitrogens with one attached hydrogen (secondary N) is 2. The van der Waals surface area contributed by atoms with E-state index in [1.165, 1.54) is 5.56 Å². The smallest absolute Gasteiger partial charge is 0.253 e. The summed E-state index contributed by atoms with van der Waals surface area (Å²) in [6.07, 6.45) is 1.72. The third kappa shape index (κ3) is 9.89. The molecule has 2 aromatic carbocycles. The Hall–Kier alpha value is -2.29. The molecule has 0 radical (unpaired) electrons. The summed E-state index contributed by atoms with van der Waals surface area (Å²) < 4.78 is 5.73. The Morgan fingerprint density at radius 1 is 1.00 bits per heavy atom. The van der Waals surface area contributed by atoms with Crippen LogP contribution in [0.4, 0.5) is 0 Å². The zero-order valence-corrected chi connectivity index (χ0v) is 22.2. The number of benzene rings is 2. The minimum Gasteiger partial charge on any atom is -0.493 e. The number of aliphatic imine (C=N–C) groups is 1. The molecule has 0 fully saturated rings. The van der Waals surface area contributed by atoms with Crippen molar-refractivity contribution >= 4 is 35.8 Å². The maximum Gasteiger partial charge on any atom is 0.253 e. The second-order valence-electron chi connectivity index (χ2n) is 8.17. The fraction of sp³-hybridized carbons (Fsp3) is 0.440. The van der Waals surface area contributed by atoms with Crippen molar-refractivity contribution in [3.63, 3.8) is 0 Å². The number of ether oxygens (including phenoxy) is 1. The summed E-state index contributed by atoms with van der Waals surface area (Å²) in [5, 5.41) is 6.69. The van der Waals surface area contributed by atoms with Gasteiger partial charge in [0.2, 0.25) is 0 Å². The van der Waals surface area contributed by atoms with Crippen LogP contribution < -0.4 is 15.4 Å². The highest BCUT2D eigenvalue weighted by molar-refractivity contribution is 14.0. The minimum atomic E-state index is 0. The van der Waals surface area contributed by atoms with E-state index in [1.54, 1.807) is 26.0 Å². The summed E-state index contributed by atoms with van der Waals surface area (Å²) in [5.74, 6) is 2.23. The van der Waals surface area contributed by atoms with Gasteiger partial charge in [-0.2, -0.15) is 0 Å².